The molecule has 1 aromatic heterocycles. The van der Waals surface area contributed by atoms with Gasteiger partial charge in [-0.05, 0) is 47.7 Å². The Bertz CT molecular complexity index is 758. The molecule has 0 amide bonds. The number of nitrogens with zero attached hydrogens (tertiary/aromatic N) is 2. The highest BCUT2D eigenvalue weighted by Gasteiger charge is 2.38. The van der Waals surface area contributed by atoms with Crippen molar-refractivity contribution in [2.75, 3.05) is 6.54 Å². The molecule has 1 aliphatic carbocycles. The van der Waals surface area contributed by atoms with Crippen molar-refractivity contribution in [1.82, 2.24) is 14.9 Å². The molecule has 1 aliphatic rings. The van der Waals surface area contributed by atoms with Crippen LogP contribution in [0.25, 0.3) is 11.0 Å². The van der Waals surface area contributed by atoms with Gasteiger partial charge >= 0.3 is 6.18 Å². The van der Waals surface area contributed by atoms with E-state index in [1.807, 2.05) is 23.7 Å². The molecule has 0 radical (unpaired) electrons. The molecule has 0 aliphatic heterocycles. The van der Waals surface area contributed by atoms with E-state index in [0.29, 0.717) is 12.8 Å². The van der Waals surface area contributed by atoms with Crippen molar-refractivity contribution in [3.05, 3.63) is 22.9 Å². The zero-order valence-electron chi connectivity index (χ0n) is 14.3. The summed E-state index contributed by atoms with van der Waals surface area (Å²) in [4.78, 5) is 4.32. The number of alkyl halides is 3. The van der Waals surface area contributed by atoms with E-state index in [0.717, 1.165) is 34.1 Å². The van der Waals surface area contributed by atoms with Crippen LogP contribution in [0.5, 0.6) is 5.75 Å². The summed E-state index contributed by atoms with van der Waals surface area (Å²) in [5.41, 5.74) is 1.84. The minimum atomic E-state index is -4.58. The molecular weight excluding hydrogens is 415 g/mol. The maximum absolute atomic E-state index is 12.3. The second-order valence-electron chi connectivity index (χ2n) is 6.69. The second kappa shape index (κ2) is 7.74. The standard InChI is InChI=1S/C17H21BrF3N3O2/c1-24-9-23-16-13(18)6-12(7-14(16)24)26-11-4-2-10(3-5-11)22-8-15(25)17(19,20)21/h6-7,9-11,15,22,25H,2-5,8H2,1H3/t10-,11+,15-/m0/s1. The third kappa shape index (κ3) is 4.50. The van der Waals surface area contributed by atoms with E-state index in [1.165, 1.54) is 0 Å². The highest BCUT2D eigenvalue weighted by Crippen LogP contribution is 2.31. The fourth-order valence-electron chi connectivity index (χ4n) is 3.20. The van der Waals surface area contributed by atoms with Gasteiger partial charge in [0.2, 0.25) is 0 Å². The molecule has 3 rings (SSSR count). The van der Waals surface area contributed by atoms with E-state index < -0.39 is 18.8 Å². The van der Waals surface area contributed by atoms with E-state index >= 15 is 0 Å². The van der Waals surface area contributed by atoms with Crippen molar-refractivity contribution < 1.29 is 23.0 Å². The first kappa shape index (κ1) is 19.4. The van der Waals surface area contributed by atoms with Crippen molar-refractivity contribution in [3.8, 4) is 5.75 Å². The van der Waals surface area contributed by atoms with Gasteiger partial charge in [-0.1, -0.05) is 0 Å². The van der Waals surface area contributed by atoms with Crippen LogP contribution in [0.1, 0.15) is 25.7 Å². The summed E-state index contributed by atoms with van der Waals surface area (Å²) in [6, 6.07) is 3.80. The number of ether oxygens (including phenoxy) is 1. The number of nitrogens with one attached hydrogen (secondary N) is 1. The fraction of sp³-hybridized carbons (Fsp3) is 0.588. The van der Waals surface area contributed by atoms with Gasteiger partial charge in [-0.15, -0.1) is 0 Å². The molecule has 26 heavy (non-hydrogen) atoms. The van der Waals surface area contributed by atoms with Crippen LogP contribution in [0.3, 0.4) is 0 Å². The Morgan fingerprint density at radius 2 is 2.04 bits per heavy atom. The number of imidazole rings is 1. The summed E-state index contributed by atoms with van der Waals surface area (Å²) in [5, 5.41) is 11.9. The minimum absolute atomic E-state index is 0.0261. The lowest BCUT2D eigenvalue weighted by Gasteiger charge is -2.30. The first-order chi connectivity index (χ1) is 12.2. The third-order valence-electron chi connectivity index (χ3n) is 4.71. The number of halogens is 4. The largest absolute Gasteiger partial charge is 0.490 e. The molecule has 1 atom stereocenters. The molecular formula is C17H21BrF3N3O2. The zero-order valence-corrected chi connectivity index (χ0v) is 15.8. The lowest BCUT2D eigenvalue weighted by atomic mass is 9.93. The monoisotopic (exact) mass is 435 g/mol. The lowest BCUT2D eigenvalue weighted by molar-refractivity contribution is -0.202. The molecule has 9 heteroatoms. The average molecular weight is 436 g/mol. The third-order valence-corrected chi connectivity index (χ3v) is 5.32. The molecule has 2 N–H and O–H groups in total. The topological polar surface area (TPSA) is 59.3 Å². The van der Waals surface area contributed by atoms with Gasteiger partial charge in [0.1, 0.15) is 11.3 Å². The van der Waals surface area contributed by atoms with E-state index in [-0.39, 0.29) is 12.1 Å². The Labute approximate surface area is 157 Å². The van der Waals surface area contributed by atoms with Crippen LogP contribution < -0.4 is 10.1 Å². The highest BCUT2D eigenvalue weighted by atomic mass is 79.9. The normalized spacial score (nSPS) is 22.5. The Hall–Kier alpha value is -1.32. The van der Waals surface area contributed by atoms with Crippen LogP contribution in [0.4, 0.5) is 13.2 Å². The van der Waals surface area contributed by atoms with E-state index in [9.17, 15) is 13.2 Å². The second-order valence-corrected chi connectivity index (χ2v) is 7.54. The molecule has 5 nitrogen and oxygen atoms in total. The number of rotatable bonds is 5. The lowest BCUT2D eigenvalue weighted by Crippen LogP contribution is -2.44. The summed E-state index contributed by atoms with van der Waals surface area (Å²) in [6.07, 6.45) is -2.20. The Morgan fingerprint density at radius 3 is 2.69 bits per heavy atom. The molecule has 0 spiro atoms. The molecule has 1 aromatic carbocycles. The summed E-state index contributed by atoms with van der Waals surface area (Å²) >= 11 is 3.50. The zero-order chi connectivity index (χ0) is 18.9. The number of aryl methyl sites for hydroxylation is 1. The molecule has 0 bridgehead atoms. The van der Waals surface area contributed by atoms with Gasteiger partial charge in [0.05, 0.1) is 17.9 Å². The van der Waals surface area contributed by atoms with Crippen LogP contribution in [0.2, 0.25) is 0 Å². The van der Waals surface area contributed by atoms with Gasteiger partial charge in [0.15, 0.2) is 6.10 Å². The molecule has 144 valence electrons. The van der Waals surface area contributed by atoms with Crippen molar-refractivity contribution in [2.24, 2.45) is 7.05 Å². The van der Waals surface area contributed by atoms with Crippen molar-refractivity contribution in [3.63, 3.8) is 0 Å². The first-order valence-electron chi connectivity index (χ1n) is 8.49. The quantitative estimate of drug-likeness (QED) is 0.753. The highest BCUT2D eigenvalue weighted by molar-refractivity contribution is 9.10. The number of hydrogen-bond donors (Lipinski definition) is 2. The van der Waals surface area contributed by atoms with E-state index in [4.69, 9.17) is 9.84 Å². The van der Waals surface area contributed by atoms with Crippen LogP contribution >= 0.6 is 15.9 Å². The molecule has 0 unspecified atom stereocenters. The smallest absolute Gasteiger partial charge is 0.415 e. The molecule has 1 fully saturated rings. The van der Waals surface area contributed by atoms with Gasteiger partial charge in [-0.3, -0.25) is 0 Å². The first-order valence-corrected chi connectivity index (χ1v) is 9.28. The predicted octanol–water partition coefficient (Wildman–Crippen LogP) is 3.54. The van der Waals surface area contributed by atoms with Crippen molar-refractivity contribution in [2.45, 2.75) is 50.1 Å². The summed E-state index contributed by atoms with van der Waals surface area (Å²) in [6.45, 7) is -0.468. The number of aliphatic hydroxyl groups is 1. The fourth-order valence-corrected chi connectivity index (χ4v) is 3.73. The molecule has 0 saturated heterocycles. The maximum atomic E-state index is 12.3. The predicted molar refractivity (Wildman–Crippen MR) is 95.2 cm³/mol. The Kier molecular flexibility index (Phi) is 5.78. The average Bonchev–Trinajstić information content (AvgIpc) is 2.95. The summed E-state index contributed by atoms with van der Waals surface area (Å²) in [7, 11) is 1.91. The van der Waals surface area contributed by atoms with E-state index in [1.54, 1.807) is 6.33 Å². The number of aliphatic hydroxyl groups excluding tert-OH is 1. The van der Waals surface area contributed by atoms with Crippen molar-refractivity contribution >= 4 is 27.0 Å². The number of hydrogen-bond acceptors (Lipinski definition) is 4. The van der Waals surface area contributed by atoms with Crippen LogP contribution in [0.15, 0.2) is 22.9 Å². The van der Waals surface area contributed by atoms with Gasteiger partial charge in [-0.25, -0.2) is 4.98 Å². The van der Waals surface area contributed by atoms with Gasteiger partial charge in [0.25, 0.3) is 0 Å². The van der Waals surface area contributed by atoms with Gasteiger partial charge in [0, 0.05) is 30.2 Å². The summed E-state index contributed by atoms with van der Waals surface area (Å²) in [5.74, 6) is 0.747. The number of benzene rings is 1. The molecule has 1 saturated carbocycles. The number of aromatic nitrogens is 2. The van der Waals surface area contributed by atoms with Gasteiger partial charge in [-0.2, -0.15) is 13.2 Å². The SMILES string of the molecule is Cn1cnc2c(Br)cc(O[C@H]3CC[C@@H](NC[C@H](O)C(F)(F)F)CC3)cc21. The Balaban J connectivity index is 1.52. The molecule has 2 aromatic rings. The van der Waals surface area contributed by atoms with Crippen LogP contribution in [-0.4, -0.2) is 45.6 Å². The minimum Gasteiger partial charge on any atom is -0.490 e. The van der Waals surface area contributed by atoms with Crippen molar-refractivity contribution in [1.29, 1.82) is 0 Å². The maximum Gasteiger partial charge on any atom is 0.415 e. The molecule has 1 heterocycles. The Morgan fingerprint density at radius 1 is 1.35 bits per heavy atom. The van der Waals surface area contributed by atoms with E-state index in [2.05, 4.69) is 26.2 Å². The summed E-state index contributed by atoms with van der Waals surface area (Å²) < 4.78 is 45.9. The van der Waals surface area contributed by atoms with Crippen LogP contribution in [-0.2, 0) is 7.05 Å². The van der Waals surface area contributed by atoms with Crippen LogP contribution in [0, 0.1) is 0 Å². The van der Waals surface area contributed by atoms with Gasteiger partial charge < -0.3 is 19.7 Å². The number of fused-ring (bicyclic) bond motifs is 1.